The van der Waals surface area contributed by atoms with Gasteiger partial charge < -0.3 is 11.1 Å². The molecule has 0 saturated carbocycles. The maximum Gasteiger partial charge on any atom is 0.233 e. The predicted molar refractivity (Wildman–Crippen MR) is 67.5 cm³/mol. The van der Waals surface area contributed by atoms with Crippen molar-refractivity contribution in [2.45, 2.75) is 40.2 Å². The molecule has 0 saturated heterocycles. The Labute approximate surface area is 100 Å². The van der Waals surface area contributed by atoms with Crippen LogP contribution in [-0.4, -0.2) is 16.4 Å². The maximum atomic E-state index is 12.1. The van der Waals surface area contributed by atoms with Gasteiger partial charge >= 0.3 is 0 Å². The van der Waals surface area contributed by atoms with E-state index in [2.05, 4.69) is 10.3 Å². The van der Waals surface area contributed by atoms with E-state index in [1.54, 1.807) is 0 Å². The van der Waals surface area contributed by atoms with E-state index in [-0.39, 0.29) is 5.91 Å². The SMILES string of the molecule is Cc1csc(NC(=O)C(C)(C)C(C)(C)N)n1. The number of aryl methyl sites for hydroxylation is 1. The number of nitrogens with one attached hydrogen (secondary N) is 1. The van der Waals surface area contributed by atoms with Gasteiger partial charge in [0.15, 0.2) is 5.13 Å². The number of carbonyl (C=O) groups is 1. The van der Waals surface area contributed by atoms with Crippen molar-refractivity contribution in [1.29, 1.82) is 0 Å². The number of thiazole rings is 1. The fourth-order valence-corrected chi connectivity index (χ4v) is 1.64. The summed E-state index contributed by atoms with van der Waals surface area (Å²) in [7, 11) is 0. The van der Waals surface area contributed by atoms with Crippen molar-refractivity contribution in [3.8, 4) is 0 Å². The van der Waals surface area contributed by atoms with Crippen LogP contribution in [0.4, 0.5) is 5.13 Å². The van der Waals surface area contributed by atoms with Gasteiger partial charge in [0.1, 0.15) is 0 Å². The fourth-order valence-electron chi connectivity index (χ4n) is 0.957. The molecule has 1 rings (SSSR count). The maximum absolute atomic E-state index is 12.1. The van der Waals surface area contributed by atoms with Crippen molar-refractivity contribution >= 4 is 22.4 Å². The van der Waals surface area contributed by atoms with E-state index in [9.17, 15) is 4.79 Å². The number of rotatable bonds is 3. The average Bonchev–Trinajstić information content (AvgIpc) is 2.49. The number of aromatic nitrogens is 1. The summed E-state index contributed by atoms with van der Waals surface area (Å²) in [6.45, 7) is 9.26. The Morgan fingerprint density at radius 2 is 2.00 bits per heavy atom. The quantitative estimate of drug-likeness (QED) is 0.852. The summed E-state index contributed by atoms with van der Waals surface area (Å²) in [6.07, 6.45) is 0. The number of amides is 1. The number of anilines is 1. The second-order valence-electron chi connectivity index (χ2n) is 5.09. The molecule has 0 aliphatic rings. The summed E-state index contributed by atoms with van der Waals surface area (Å²) in [5.74, 6) is -0.102. The molecule has 0 unspecified atom stereocenters. The van der Waals surface area contributed by atoms with Crippen LogP contribution >= 0.6 is 11.3 Å². The third-order valence-electron chi connectivity index (χ3n) is 3.02. The third-order valence-corrected chi connectivity index (χ3v) is 3.89. The molecule has 90 valence electrons. The monoisotopic (exact) mass is 241 g/mol. The standard InChI is InChI=1S/C11H19N3OS/c1-7-6-16-9(13-7)14-8(15)10(2,3)11(4,5)12/h6H,12H2,1-5H3,(H,13,14,15). The highest BCUT2D eigenvalue weighted by Gasteiger charge is 2.40. The van der Waals surface area contributed by atoms with E-state index in [0.717, 1.165) is 5.69 Å². The summed E-state index contributed by atoms with van der Waals surface area (Å²) >= 11 is 1.42. The first-order valence-electron chi connectivity index (χ1n) is 5.17. The summed E-state index contributed by atoms with van der Waals surface area (Å²) < 4.78 is 0. The predicted octanol–water partition coefficient (Wildman–Crippen LogP) is 2.15. The van der Waals surface area contributed by atoms with Crippen LogP contribution < -0.4 is 11.1 Å². The van der Waals surface area contributed by atoms with Crippen molar-refractivity contribution < 1.29 is 4.79 Å². The zero-order valence-corrected chi connectivity index (χ0v) is 11.2. The van der Waals surface area contributed by atoms with Crippen molar-refractivity contribution in [1.82, 2.24) is 4.98 Å². The van der Waals surface area contributed by atoms with E-state index in [0.29, 0.717) is 5.13 Å². The lowest BCUT2D eigenvalue weighted by Gasteiger charge is -2.36. The van der Waals surface area contributed by atoms with Crippen LogP contribution in [-0.2, 0) is 4.79 Å². The molecule has 4 nitrogen and oxygen atoms in total. The number of hydrogen-bond acceptors (Lipinski definition) is 4. The van der Waals surface area contributed by atoms with Gasteiger partial charge in [0.05, 0.1) is 11.1 Å². The van der Waals surface area contributed by atoms with Gasteiger partial charge in [-0.3, -0.25) is 4.79 Å². The van der Waals surface area contributed by atoms with Crippen molar-refractivity contribution in [3.05, 3.63) is 11.1 Å². The van der Waals surface area contributed by atoms with E-state index < -0.39 is 11.0 Å². The van der Waals surface area contributed by atoms with Crippen molar-refractivity contribution in [3.63, 3.8) is 0 Å². The molecule has 0 aromatic carbocycles. The largest absolute Gasteiger partial charge is 0.325 e. The van der Waals surface area contributed by atoms with Gasteiger partial charge in [0.25, 0.3) is 0 Å². The molecule has 0 spiro atoms. The Bertz CT molecular complexity index is 390. The summed E-state index contributed by atoms with van der Waals surface area (Å²) in [5.41, 5.74) is 5.68. The van der Waals surface area contributed by atoms with Gasteiger partial charge in [-0.1, -0.05) is 0 Å². The zero-order chi connectivity index (χ0) is 12.6. The first kappa shape index (κ1) is 13.1. The van der Waals surface area contributed by atoms with E-state index in [4.69, 9.17) is 5.73 Å². The highest BCUT2D eigenvalue weighted by Crippen LogP contribution is 2.30. The van der Waals surface area contributed by atoms with Crippen LogP contribution in [0.3, 0.4) is 0 Å². The van der Waals surface area contributed by atoms with Gasteiger partial charge in [-0.2, -0.15) is 0 Å². The van der Waals surface area contributed by atoms with Crippen molar-refractivity contribution in [2.75, 3.05) is 5.32 Å². The smallest absolute Gasteiger partial charge is 0.233 e. The van der Waals surface area contributed by atoms with Gasteiger partial charge in [-0.15, -0.1) is 11.3 Å². The molecule has 0 aliphatic heterocycles. The topological polar surface area (TPSA) is 68.0 Å². The first-order valence-corrected chi connectivity index (χ1v) is 6.05. The van der Waals surface area contributed by atoms with E-state index >= 15 is 0 Å². The molecule has 3 N–H and O–H groups in total. The summed E-state index contributed by atoms with van der Waals surface area (Å²) in [6, 6.07) is 0. The Kier molecular flexibility index (Phi) is 3.40. The average molecular weight is 241 g/mol. The molecule has 1 aromatic rings. The molecular weight excluding hydrogens is 222 g/mol. The molecule has 1 amide bonds. The molecule has 1 heterocycles. The van der Waals surface area contributed by atoms with Crippen LogP contribution in [0.15, 0.2) is 5.38 Å². The number of hydrogen-bond donors (Lipinski definition) is 2. The van der Waals surface area contributed by atoms with Gasteiger partial charge in [-0.25, -0.2) is 4.98 Å². The van der Waals surface area contributed by atoms with E-state index in [1.165, 1.54) is 11.3 Å². The minimum absolute atomic E-state index is 0.102. The molecule has 0 fully saturated rings. The lowest BCUT2D eigenvalue weighted by atomic mass is 9.74. The van der Waals surface area contributed by atoms with Gasteiger partial charge in [0, 0.05) is 10.9 Å². The minimum Gasteiger partial charge on any atom is -0.325 e. The minimum atomic E-state index is -0.646. The summed E-state index contributed by atoms with van der Waals surface area (Å²) in [5, 5.41) is 5.32. The number of nitrogens with zero attached hydrogens (tertiary/aromatic N) is 1. The Balaban J connectivity index is 2.80. The highest BCUT2D eigenvalue weighted by atomic mass is 32.1. The molecule has 5 heteroatoms. The Morgan fingerprint density at radius 1 is 1.44 bits per heavy atom. The Morgan fingerprint density at radius 3 is 2.38 bits per heavy atom. The van der Waals surface area contributed by atoms with Crippen LogP contribution in [0.25, 0.3) is 0 Å². The lowest BCUT2D eigenvalue weighted by molar-refractivity contribution is -0.126. The number of carbonyl (C=O) groups excluding carboxylic acids is 1. The van der Waals surface area contributed by atoms with E-state index in [1.807, 2.05) is 40.0 Å². The zero-order valence-electron chi connectivity index (χ0n) is 10.4. The third kappa shape index (κ3) is 2.59. The fraction of sp³-hybridized carbons (Fsp3) is 0.636. The molecule has 0 aliphatic carbocycles. The van der Waals surface area contributed by atoms with Crippen molar-refractivity contribution in [2.24, 2.45) is 11.1 Å². The van der Waals surface area contributed by atoms with Crippen LogP contribution in [0.2, 0.25) is 0 Å². The summed E-state index contributed by atoms with van der Waals surface area (Å²) in [4.78, 5) is 16.3. The van der Waals surface area contributed by atoms with Crippen LogP contribution in [0, 0.1) is 12.3 Å². The number of nitrogens with two attached hydrogens (primary N) is 1. The van der Waals surface area contributed by atoms with Gasteiger partial charge in [0.2, 0.25) is 5.91 Å². The second-order valence-corrected chi connectivity index (χ2v) is 5.95. The highest BCUT2D eigenvalue weighted by molar-refractivity contribution is 7.13. The lowest BCUT2D eigenvalue weighted by Crippen LogP contribution is -2.53. The van der Waals surface area contributed by atoms with Crippen LogP contribution in [0.1, 0.15) is 33.4 Å². The second kappa shape index (κ2) is 4.14. The van der Waals surface area contributed by atoms with Gasteiger partial charge in [-0.05, 0) is 34.6 Å². The molecular formula is C11H19N3OS. The molecule has 1 aromatic heterocycles. The first-order chi connectivity index (χ1) is 7.14. The normalized spacial score (nSPS) is 12.6. The Hall–Kier alpha value is -0.940. The molecule has 16 heavy (non-hydrogen) atoms. The molecule has 0 radical (unpaired) electrons. The van der Waals surface area contributed by atoms with Crippen LogP contribution in [0.5, 0.6) is 0 Å². The molecule has 0 bridgehead atoms. The molecule has 0 atom stereocenters.